The fourth-order valence-electron chi connectivity index (χ4n) is 0.929. The maximum atomic E-state index is 10.9. The van der Waals surface area contributed by atoms with Crippen LogP contribution < -0.4 is 5.73 Å². The third kappa shape index (κ3) is 2.79. The van der Waals surface area contributed by atoms with Crippen LogP contribution in [0.3, 0.4) is 0 Å². The van der Waals surface area contributed by atoms with Gasteiger partial charge in [-0.2, -0.15) is 11.3 Å². The molecule has 5 heteroatoms. The molecule has 13 heavy (non-hydrogen) atoms. The van der Waals surface area contributed by atoms with E-state index in [0.29, 0.717) is 0 Å². The second-order valence-corrected chi connectivity index (χ2v) is 4.16. The van der Waals surface area contributed by atoms with E-state index >= 15 is 0 Å². The number of halogens is 1. The lowest BCUT2D eigenvalue weighted by atomic mass is 10.1. The molecule has 0 saturated heterocycles. The highest BCUT2D eigenvalue weighted by Crippen LogP contribution is 2.27. The summed E-state index contributed by atoms with van der Waals surface area (Å²) in [6.45, 7) is 0. The van der Waals surface area contributed by atoms with Crippen LogP contribution in [0, 0.1) is 0 Å². The molecule has 0 saturated carbocycles. The zero-order valence-corrected chi connectivity index (χ0v) is 9.52. The number of esters is 1. The Kier molecular flexibility index (Phi) is 3.90. The first-order valence-corrected chi connectivity index (χ1v) is 5.42. The molecule has 3 nitrogen and oxygen atoms in total. The van der Waals surface area contributed by atoms with Crippen molar-refractivity contribution in [2.45, 2.75) is 12.5 Å². The van der Waals surface area contributed by atoms with Gasteiger partial charge < -0.3 is 10.5 Å². The van der Waals surface area contributed by atoms with E-state index in [1.165, 1.54) is 7.11 Å². The van der Waals surface area contributed by atoms with Crippen molar-refractivity contribution < 1.29 is 9.53 Å². The highest BCUT2D eigenvalue weighted by Gasteiger charge is 2.14. The smallest absolute Gasteiger partial charge is 0.307 e. The molecule has 0 unspecified atom stereocenters. The number of nitrogens with two attached hydrogens (primary N) is 1. The van der Waals surface area contributed by atoms with E-state index in [9.17, 15) is 4.79 Å². The van der Waals surface area contributed by atoms with E-state index in [2.05, 4.69) is 20.7 Å². The molecule has 1 rings (SSSR count). The van der Waals surface area contributed by atoms with Crippen molar-refractivity contribution >= 4 is 33.2 Å². The summed E-state index contributed by atoms with van der Waals surface area (Å²) < 4.78 is 5.48. The Labute approximate surface area is 89.0 Å². The molecule has 0 amide bonds. The van der Waals surface area contributed by atoms with Gasteiger partial charge in [-0.3, -0.25) is 4.79 Å². The van der Waals surface area contributed by atoms with Crippen LogP contribution in [0.5, 0.6) is 0 Å². The SMILES string of the molecule is COC(=O)C[C@@H](N)c1cscc1Br. The number of carbonyl (C=O) groups excluding carboxylic acids is 1. The monoisotopic (exact) mass is 263 g/mol. The van der Waals surface area contributed by atoms with E-state index in [-0.39, 0.29) is 18.4 Å². The zero-order chi connectivity index (χ0) is 9.84. The summed E-state index contributed by atoms with van der Waals surface area (Å²) in [7, 11) is 1.36. The van der Waals surface area contributed by atoms with Crippen molar-refractivity contribution in [3.8, 4) is 0 Å². The number of ether oxygens (including phenoxy) is 1. The molecular formula is C8H10BrNO2S. The largest absolute Gasteiger partial charge is 0.469 e. The first kappa shape index (κ1) is 10.7. The summed E-state index contributed by atoms with van der Waals surface area (Å²) in [5.41, 5.74) is 6.75. The van der Waals surface area contributed by atoms with Gasteiger partial charge in [0.05, 0.1) is 13.5 Å². The van der Waals surface area contributed by atoms with E-state index in [1.54, 1.807) is 11.3 Å². The van der Waals surface area contributed by atoms with Crippen molar-refractivity contribution in [3.63, 3.8) is 0 Å². The van der Waals surface area contributed by atoms with Crippen molar-refractivity contribution in [2.75, 3.05) is 7.11 Å². The van der Waals surface area contributed by atoms with Gasteiger partial charge in [-0.05, 0) is 26.9 Å². The van der Waals surface area contributed by atoms with Crippen LogP contribution in [-0.2, 0) is 9.53 Å². The van der Waals surface area contributed by atoms with Crippen LogP contribution in [0.25, 0.3) is 0 Å². The summed E-state index contributed by atoms with van der Waals surface area (Å²) in [4.78, 5) is 10.9. The summed E-state index contributed by atoms with van der Waals surface area (Å²) in [6, 6.07) is -0.284. The summed E-state index contributed by atoms with van der Waals surface area (Å²) in [6.07, 6.45) is 0.214. The van der Waals surface area contributed by atoms with Crippen molar-refractivity contribution in [1.29, 1.82) is 0 Å². The third-order valence-electron chi connectivity index (χ3n) is 1.66. The number of hydrogen-bond donors (Lipinski definition) is 1. The third-order valence-corrected chi connectivity index (χ3v) is 3.41. The van der Waals surface area contributed by atoms with Gasteiger partial charge >= 0.3 is 5.97 Å². The van der Waals surface area contributed by atoms with Crippen LogP contribution in [0.2, 0.25) is 0 Å². The number of hydrogen-bond acceptors (Lipinski definition) is 4. The highest BCUT2D eigenvalue weighted by molar-refractivity contribution is 9.10. The Hall–Kier alpha value is -0.390. The van der Waals surface area contributed by atoms with Crippen LogP contribution in [0.15, 0.2) is 15.2 Å². The standard InChI is InChI=1S/C8H10BrNO2S/c1-12-8(11)2-7(10)5-3-13-4-6(5)9/h3-4,7H,2,10H2,1H3/t7-/m1/s1. The Balaban J connectivity index is 2.63. The fourth-order valence-corrected chi connectivity index (χ4v) is 2.58. The van der Waals surface area contributed by atoms with Gasteiger partial charge in [-0.25, -0.2) is 0 Å². The van der Waals surface area contributed by atoms with Gasteiger partial charge in [0.25, 0.3) is 0 Å². The van der Waals surface area contributed by atoms with Gasteiger partial charge in [0.2, 0.25) is 0 Å². The quantitative estimate of drug-likeness (QED) is 0.850. The molecular weight excluding hydrogens is 254 g/mol. The topological polar surface area (TPSA) is 52.3 Å². The minimum atomic E-state index is -0.286. The number of rotatable bonds is 3. The summed E-state index contributed by atoms with van der Waals surface area (Å²) in [5, 5.41) is 3.87. The minimum absolute atomic E-state index is 0.214. The van der Waals surface area contributed by atoms with Gasteiger partial charge in [-0.15, -0.1) is 0 Å². The average Bonchev–Trinajstić information content (AvgIpc) is 2.51. The molecule has 72 valence electrons. The zero-order valence-electron chi connectivity index (χ0n) is 7.12. The maximum Gasteiger partial charge on any atom is 0.307 e. The first-order valence-electron chi connectivity index (χ1n) is 3.69. The second kappa shape index (κ2) is 4.74. The molecule has 2 N–H and O–H groups in total. The molecule has 1 heterocycles. The molecule has 0 aliphatic rings. The maximum absolute atomic E-state index is 10.9. The normalized spacial score (nSPS) is 12.5. The van der Waals surface area contributed by atoms with E-state index in [4.69, 9.17) is 5.73 Å². The highest BCUT2D eigenvalue weighted by atomic mass is 79.9. The summed E-state index contributed by atoms with van der Waals surface area (Å²) in [5.74, 6) is -0.286. The van der Waals surface area contributed by atoms with Crippen molar-refractivity contribution in [3.05, 3.63) is 20.8 Å². The predicted octanol–water partition coefficient (Wildman–Crippen LogP) is 2.07. The lowest BCUT2D eigenvalue weighted by molar-refractivity contribution is -0.141. The number of methoxy groups -OCH3 is 1. The molecule has 0 bridgehead atoms. The van der Waals surface area contributed by atoms with Gasteiger partial charge in [0, 0.05) is 15.9 Å². The van der Waals surface area contributed by atoms with Crippen LogP contribution in [-0.4, -0.2) is 13.1 Å². The molecule has 0 spiro atoms. The Bertz CT molecular complexity index is 300. The molecule has 1 aromatic rings. The Morgan fingerprint density at radius 3 is 2.92 bits per heavy atom. The van der Waals surface area contributed by atoms with Crippen molar-refractivity contribution in [1.82, 2.24) is 0 Å². The van der Waals surface area contributed by atoms with E-state index in [1.807, 2.05) is 10.8 Å². The molecule has 0 fully saturated rings. The molecule has 0 radical (unpaired) electrons. The molecule has 1 aromatic heterocycles. The summed E-state index contributed by atoms with van der Waals surface area (Å²) >= 11 is 4.91. The van der Waals surface area contributed by atoms with Crippen LogP contribution in [0.4, 0.5) is 0 Å². The molecule has 0 aromatic carbocycles. The lowest BCUT2D eigenvalue weighted by Gasteiger charge is -2.08. The fraction of sp³-hybridized carbons (Fsp3) is 0.375. The van der Waals surface area contributed by atoms with Gasteiger partial charge in [-0.1, -0.05) is 0 Å². The first-order chi connectivity index (χ1) is 6.15. The predicted molar refractivity (Wildman–Crippen MR) is 55.6 cm³/mol. The molecule has 1 atom stereocenters. The number of carbonyl (C=O) groups is 1. The minimum Gasteiger partial charge on any atom is -0.469 e. The Morgan fingerprint density at radius 2 is 2.46 bits per heavy atom. The molecule has 0 aliphatic carbocycles. The van der Waals surface area contributed by atoms with Crippen LogP contribution >= 0.6 is 27.3 Å². The average molecular weight is 264 g/mol. The van der Waals surface area contributed by atoms with E-state index < -0.39 is 0 Å². The Morgan fingerprint density at radius 1 is 1.77 bits per heavy atom. The van der Waals surface area contributed by atoms with Crippen LogP contribution in [0.1, 0.15) is 18.0 Å². The molecule has 0 aliphatic heterocycles. The van der Waals surface area contributed by atoms with E-state index in [0.717, 1.165) is 10.0 Å². The number of thiophene rings is 1. The second-order valence-electron chi connectivity index (χ2n) is 2.56. The van der Waals surface area contributed by atoms with Gasteiger partial charge in [0.15, 0.2) is 0 Å². The van der Waals surface area contributed by atoms with Crippen molar-refractivity contribution in [2.24, 2.45) is 5.73 Å². The lowest BCUT2D eigenvalue weighted by Crippen LogP contribution is -2.15. The van der Waals surface area contributed by atoms with Gasteiger partial charge in [0.1, 0.15) is 0 Å².